The van der Waals surface area contributed by atoms with E-state index in [-0.39, 0.29) is 6.10 Å². The molecule has 1 aromatic rings. The molecule has 0 unspecified atom stereocenters. The Morgan fingerprint density at radius 2 is 1.76 bits per heavy atom. The number of benzene rings is 1. The van der Waals surface area contributed by atoms with Gasteiger partial charge in [0.1, 0.15) is 12.2 Å². The minimum atomic E-state index is -0.885. The Morgan fingerprint density at radius 3 is 2.48 bits per heavy atom. The van der Waals surface area contributed by atoms with E-state index in [4.69, 9.17) is 14.2 Å². The van der Waals surface area contributed by atoms with Gasteiger partial charge >= 0.3 is 0 Å². The number of hydrogen-bond acceptors (Lipinski definition) is 4. The van der Waals surface area contributed by atoms with Crippen molar-refractivity contribution in [3.8, 4) is 0 Å². The minimum absolute atomic E-state index is 0.201. The summed E-state index contributed by atoms with van der Waals surface area (Å²) < 4.78 is 18.8. The molecule has 138 valence electrons. The molecule has 4 atom stereocenters. The van der Waals surface area contributed by atoms with Crippen LogP contribution >= 0.6 is 0 Å². The molecule has 4 rings (SSSR count). The predicted molar refractivity (Wildman–Crippen MR) is 95.0 cm³/mol. The van der Waals surface area contributed by atoms with Gasteiger partial charge in [-0.05, 0) is 31.7 Å². The third-order valence-electron chi connectivity index (χ3n) is 5.89. The molecule has 25 heavy (non-hydrogen) atoms. The highest BCUT2D eigenvalue weighted by molar-refractivity contribution is 5.19. The average molecular weight is 346 g/mol. The van der Waals surface area contributed by atoms with E-state index in [0.29, 0.717) is 12.3 Å². The van der Waals surface area contributed by atoms with Crippen molar-refractivity contribution in [1.29, 1.82) is 0 Å². The summed E-state index contributed by atoms with van der Waals surface area (Å²) in [5.74, 6) is -0.978. The maximum Gasteiger partial charge on any atom is 0.205 e. The molecular formula is C21H30O4. The van der Waals surface area contributed by atoms with Gasteiger partial charge in [0.05, 0.1) is 6.10 Å². The van der Waals surface area contributed by atoms with Crippen molar-refractivity contribution in [3.05, 3.63) is 35.9 Å². The third-order valence-corrected chi connectivity index (χ3v) is 5.89. The van der Waals surface area contributed by atoms with Crippen LogP contribution in [0.4, 0.5) is 0 Å². The molecule has 0 spiro atoms. The van der Waals surface area contributed by atoms with Crippen LogP contribution in [0.1, 0.15) is 57.9 Å². The first-order chi connectivity index (χ1) is 12.0. The predicted octanol–water partition coefficient (Wildman–Crippen LogP) is 3.81. The molecule has 0 aromatic heterocycles. The molecule has 1 aliphatic carbocycles. The van der Waals surface area contributed by atoms with Crippen LogP contribution in [0.2, 0.25) is 0 Å². The summed E-state index contributed by atoms with van der Waals surface area (Å²) >= 11 is 0. The Labute approximate surface area is 150 Å². The quantitative estimate of drug-likeness (QED) is 0.901. The Kier molecular flexibility index (Phi) is 4.65. The topological polar surface area (TPSA) is 47.9 Å². The van der Waals surface area contributed by atoms with Crippen molar-refractivity contribution in [2.24, 2.45) is 5.92 Å². The maximum atomic E-state index is 10.9. The number of ether oxygens (including phenoxy) is 3. The second kappa shape index (κ2) is 6.66. The summed E-state index contributed by atoms with van der Waals surface area (Å²) in [5, 5.41) is 10.9. The van der Waals surface area contributed by atoms with E-state index >= 15 is 0 Å². The second-order valence-corrected chi connectivity index (χ2v) is 8.40. The van der Waals surface area contributed by atoms with Crippen molar-refractivity contribution in [2.45, 2.75) is 88.7 Å². The zero-order valence-corrected chi connectivity index (χ0v) is 15.3. The summed E-state index contributed by atoms with van der Waals surface area (Å²) in [6.45, 7) is 3.79. The molecule has 2 saturated heterocycles. The van der Waals surface area contributed by atoms with Crippen molar-refractivity contribution < 1.29 is 19.3 Å². The summed E-state index contributed by atoms with van der Waals surface area (Å²) in [4.78, 5) is 0. The standard InChI is InChI=1S/C21H30O4/c1-20(2)24-19-18(22)17(13-15-9-5-3-6-10-15)23-21(19,25-20)14-16-11-7-4-8-12-16/h4,7-8,11-12,15,17-19,22H,3,5-6,9-10,13-14H2,1-2H3/t17-,18-,19-,21-/m1/s1. The van der Waals surface area contributed by atoms with Gasteiger partial charge in [-0.3, -0.25) is 0 Å². The number of aliphatic hydroxyl groups excluding tert-OH is 1. The Bertz CT molecular complexity index is 581. The van der Waals surface area contributed by atoms with E-state index in [1.54, 1.807) is 0 Å². The first-order valence-corrected chi connectivity index (χ1v) is 9.75. The highest BCUT2D eigenvalue weighted by Gasteiger charge is 2.64. The van der Waals surface area contributed by atoms with Crippen molar-refractivity contribution in [2.75, 3.05) is 0 Å². The largest absolute Gasteiger partial charge is 0.387 e. The molecule has 0 amide bonds. The van der Waals surface area contributed by atoms with E-state index in [2.05, 4.69) is 12.1 Å². The maximum absolute atomic E-state index is 10.9. The molecule has 3 fully saturated rings. The monoisotopic (exact) mass is 346 g/mol. The normalized spacial score (nSPS) is 38.0. The summed E-state index contributed by atoms with van der Waals surface area (Å²) in [6, 6.07) is 10.2. The van der Waals surface area contributed by atoms with Crippen LogP contribution in [0.25, 0.3) is 0 Å². The highest BCUT2D eigenvalue weighted by atomic mass is 16.9. The lowest BCUT2D eigenvalue weighted by atomic mass is 9.84. The van der Waals surface area contributed by atoms with Crippen molar-refractivity contribution in [1.82, 2.24) is 0 Å². The third kappa shape index (κ3) is 3.50. The van der Waals surface area contributed by atoms with Crippen molar-refractivity contribution >= 4 is 0 Å². The lowest BCUT2D eigenvalue weighted by molar-refractivity contribution is -0.264. The van der Waals surface area contributed by atoms with Gasteiger partial charge in [-0.15, -0.1) is 0 Å². The fourth-order valence-electron chi connectivity index (χ4n) is 4.83. The van der Waals surface area contributed by atoms with Gasteiger partial charge in [0, 0.05) is 6.42 Å². The van der Waals surface area contributed by atoms with Gasteiger partial charge in [-0.2, -0.15) is 0 Å². The lowest BCUT2D eigenvalue weighted by Gasteiger charge is -2.31. The zero-order chi connectivity index (χ0) is 17.5. The number of aliphatic hydroxyl groups is 1. The lowest BCUT2D eigenvalue weighted by Crippen LogP contribution is -2.42. The fraction of sp³-hybridized carbons (Fsp3) is 0.714. The minimum Gasteiger partial charge on any atom is -0.387 e. The number of fused-ring (bicyclic) bond motifs is 1. The van der Waals surface area contributed by atoms with Crippen molar-refractivity contribution in [3.63, 3.8) is 0 Å². The first kappa shape index (κ1) is 17.5. The number of hydrogen-bond donors (Lipinski definition) is 1. The molecule has 2 aliphatic heterocycles. The summed E-state index contributed by atoms with van der Waals surface area (Å²) in [7, 11) is 0. The van der Waals surface area contributed by atoms with Crippen LogP contribution in [-0.2, 0) is 20.6 Å². The molecule has 1 saturated carbocycles. The van der Waals surface area contributed by atoms with E-state index in [1.807, 2.05) is 32.0 Å². The van der Waals surface area contributed by atoms with Crippen LogP contribution in [0.3, 0.4) is 0 Å². The van der Waals surface area contributed by atoms with Gasteiger partial charge < -0.3 is 19.3 Å². The smallest absolute Gasteiger partial charge is 0.205 e. The SMILES string of the molecule is CC1(C)O[C@@H]2[C@H](O)[C@@H](CC3CCCCC3)O[C@]2(Cc2ccccc2)O1. The molecule has 4 nitrogen and oxygen atoms in total. The van der Waals surface area contributed by atoms with Crippen LogP contribution < -0.4 is 0 Å². The average Bonchev–Trinajstić information content (AvgIpc) is 2.97. The molecule has 4 heteroatoms. The van der Waals surface area contributed by atoms with E-state index in [9.17, 15) is 5.11 Å². The molecule has 1 aromatic carbocycles. The molecular weight excluding hydrogens is 316 g/mol. The van der Waals surface area contributed by atoms with Gasteiger partial charge in [-0.25, -0.2) is 0 Å². The molecule has 0 radical (unpaired) electrons. The van der Waals surface area contributed by atoms with Gasteiger partial charge in [0.2, 0.25) is 5.79 Å². The van der Waals surface area contributed by atoms with Gasteiger partial charge in [0.15, 0.2) is 5.79 Å². The second-order valence-electron chi connectivity index (χ2n) is 8.40. The summed E-state index contributed by atoms with van der Waals surface area (Å²) in [5.41, 5.74) is 1.14. The van der Waals surface area contributed by atoms with E-state index in [0.717, 1.165) is 12.0 Å². The number of rotatable bonds is 4. The fourth-order valence-corrected chi connectivity index (χ4v) is 4.83. The molecule has 1 N–H and O–H groups in total. The van der Waals surface area contributed by atoms with E-state index < -0.39 is 23.8 Å². The molecule has 2 heterocycles. The van der Waals surface area contributed by atoms with Crippen LogP contribution in [0, 0.1) is 5.92 Å². The summed E-state index contributed by atoms with van der Waals surface area (Å²) in [6.07, 6.45) is 6.66. The van der Waals surface area contributed by atoms with Crippen LogP contribution in [0.15, 0.2) is 30.3 Å². The van der Waals surface area contributed by atoms with Crippen LogP contribution in [0.5, 0.6) is 0 Å². The van der Waals surface area contributed by atoms with E-state index in [1.165, 1.54) is 32.1 Å². The first-order valence-electron chi connectivity index (χ1n) is 9.75. The zero-order valence-electron chi connectivity index (χ0n) is 15.3. The molecule has 0 bridgehead atoms. The Balaban J connectivity index is 1.53. The van der Waals surface area contributed by atoms with Gasteiger partial charge in [-0.1, -0.05) is 62.4 Å². The highest BCUT2D eigenvalue weighted by Crippen LogP contribution is 2.48. The van der Waals surface area contributed by atoms with Crippen LogP contribution in [-0.4, -0.2) is 35.0 Å². The Morgan fingerprint density at radius 1 is 1.04 bits per heavy atom. The molecule has 3 aliphatic rings. The Hall–Kier alpha value is -0.940. The van der Waals surface area contributed by atoms with Gasteiger partial charge in [0.25, 0.3) is 0 Å².